The van der Waals surface area contributed by atoms with Gasteiger partial charge in [0.15, 0.2) is 5.71 Å². The van der Waals surface area contributed by atoms with Crippen LogP contribution >= 0.6 is 11.3 Å². The fraction of sp³-hybridized carbons (Fsp3) is 0.200. The highest BCUT2D eigenvalue weighted by Crippen LogP contribution is 2.31. The smallest absolute Gasteiger partial charge is 0.273 e. The number of hydrogen-bond acceptors (Lipinski definition) is 7. The summed E-state index contributed by atoms with van der Waals surface area (Å²) in [6.45, 7) is 2.19. The second kappa shape index (κ2) is 9.09. The lowest BCUT2D eigenvalue weighted by Gasteiger charge is -2.11. The van der Waals surface area contributed by atoms with Gasteiger partial charge in [0, 0.05) is 18.8 Å². The molecule has 0 saturated carbocycles. The third-order valence-electron chi connectivity index (χ3n) is 3.90. The molecule has 3 aromatic rings. The van der Waals surface area contributed by atoms with Crippen LogP contribution in [0.3, 0.4) is 0 Å². The maximum Gasteiger partial charge on any atom is 0.273 e. The molecule has 28 heavy (non-hydrogen) atoms. The van der Waals surface area contributed by atoms with Crippen molar-refractivity contribution >= 4 is 23.0 Å². The Morgan fingerprint density at radius 3 is 2.71 bits per heavy atom. The zero-order chi connectivity index (χ0) is 19.9. The minimum absolute atomic E-state index is 0.188. The number of carbonyl (C=O) groups excluding carboxylic acids is 1. The third-order valence-corrected chi connectivity index (χ3v) is 4.87. The number of aryl methyl sites for hydroxylation is 1. The van der Waals surface area contributed by atoms with Gasteiger partial charge in [-0.1, -0.05) is 35.5 Å². The molecule has 1 N–H and O–H groups in total. The summed E-state index contributed by atoms with van der Waals surface area (Å²) in [4.78, 5) is 26.8. The van der Waals surface area contributed by atoms with Crippen LogP contribution in [-0.4, -0.2) is 35.7 Å². The molecule has 3 rings (SSSR count). The van der Waals surface area contributed by atoms with E-state index in [0.717, 1.165) is 21.1 Å². The van der Waals surface area contributed by atoms with E-state index in [1.54, 1.807) is 19.3 Å². The van der Waals surface area contributed by atoms with Crippen LogP contribution in [0.25, 0.3) is 10.7 Å². The highest BCUT2D eigenvalue weighted by molar-refractivity contribution is 7.15. The first-order valence-corrected chi connectivity index (χ1v) is 9.38. The van der Waals surface area contributed by atoms with Gasteiger partial charge in [-0.05, 0) is 24.6 Å². The Balaban J connectivity index is 1.84. The Morgan fingerprint density at radius 2 is 2.00 bits per heavy atom. The lowest BCUT2D eigenvalue weighted by Crippen LogP contribution is -2.29. The number of thiazole rings is 1. The van der Waals surface area contributed by atoms with Gasteiger partial charge in [0.1, 0.15) is 18.7 Å². The average Bonchev–Trinajstić information content (AvgIpc) is 3.11. The average molecular weight is 396 g/mol. The maximum absolute atomic E-state index is 12.2. The summed E-state index contributed by atoms with van der Waals surface area (Å²) in [5, 5.41) is 7.24. The predicted octanol–water partition coefficient (Wildman–Crippen LogP) is 3.19. The first-order valence-electron chi connectivity index (χ1n) is 8.57. The summed E-state index contributed by atoms with van der Waals surface area (Å²) in [6.07, 6.45) is 1.73. The van der Waals surface area contributed by atoms with E-state index in [-0.39, 0.29) is 18.2 Å². The van der Waals surface area contributed by atoms with Crippen molar-refractivity contribution < 1.29 is 14.4 Å². The van der Waals surface area contributed by atoms with Crippen LogP contribution in [0.5, 0.6) is 5.88 Å². The molecular formula is C20H20N4O3S. The predicted molar refractivity (Wildman–Crippen MR) is 108 cm³/mol. The van der Waals surface area contributed by atoms with E-state index < -0.39 is 0 Å². The fourth-order valence-electron chi connectivity index (χ4n) is 2.56. The van der Waals surface area contributed by atoms with Gasteiger partial charge in [0.25, 0.3) is 5.91 Å². The zero-order valence-corrected chi connectivity index (χ0v) is 16.6. The second-order valence-corrected chi connectivity index (χ2v) is 6.95. The van der Waals surface area contributed by atoms with E-state index in [4.69, 9.17) is 9.57 Å². The van der Waals surface area contributed by atoms with Crippen LogP contribution in [0, 0.1) is 6.92 Å². The van der Waals surface area contributed by atoms with E-state index in [1.165, 1.54) is 18.4 Å². The maximum atomic E-state index is 12.2. The van der Waals surface area contributed by atoms with Gasteiger partial charge in [0.2, 0.25) is 5.88 Å². The molecular weight excluding hydrogens is 376 g/mol. The van der Waals surface area contributed by atoms with Crippen LogP contribution in [0.1, 0.15) is 16.0 Å². The monoisotopic (exact) mass is 396 g/mol. The summed E-state index contributed by atoms with van der Waals surface area (Å²) in [6, 6.07) is 13.1. The van der Waals surface area contributed by atoms with Crippen molar-refractivity contribution in [3.8, 4) is 16.6 Å². The van der Waals surface area contributed by atoms with Crippen LogP contribution in [0.15, 0.2) is 53.8 Å². The van der Waals surface area contributed by atoms with Gasteiger partial charge >= 0.3 is 0 Å². The molecule has 0 saturated heterocycles. The molecule has 2 aromatic heterocycles. The Hall–Kier alpha value is -3.26. The van der Waals surface area contributed by atoms with Crippen LogP contribution in [0.2, 0.25) is 0 Å². The third kappa shape index (κ3) is 4.34. The molecule has 1 amide bonds. The number of nitrogens with one attached hydrogen (secondary N) is 1. The molecule has 144 valence electrons. The molecule has 0 radical (unpaired) electrons. The number of amides is 1. The molecule has 0 bridgehead atoms. The first kappa shape index (κ1) is 19.5. The van der Waals surface area contributed by atoms with Crippen LogP contribution in [0.4, 0.5) is 0 Å². The van der Waals surface area contributed by atoms with Crippen molar-refractivity contribution in [2.75, 3.05) is 14.2 Å². The van der Waals surface area contributed by atoms with E-state index in [9.17, 15) is 4.79 Å². The lowest BCUT2D eigenvalue weighted by molar-refractivity contribution is -0.114. The normalized spacial score (nSPS) is 11.2. The van der Waals surface area contributed by atoms with Crippen LogP contribution < -0.4 is 10.1 Å². The highest BCUT2D eigenvalue weighted by Gasteiger charge is 2.18. The number of hydrogen-bond donors (Lipinski definition) is 1. The molecule has 0 aliphatic heterocycles. The largest absolute Gasteiger partial charge is 0.472 e. The van der Waals surface area contributed by atoms with Gasteiger partial charge in [-0.25, -0.2) is 0 Å². The quantitative estimate of drug-likeness (QED) is 0.490. The number of ether oxygens (including phenoxy) is 1. The Labute approximate surface area is 167 Å². The zero-order valence-electron chi connectivity index (χ0n) is 15.8. The molecule has 0 fully saturated rings. The standard InChI is InChI=1S/C20H20N4O3S/c1-13-19(23-20(28-13)16-10-6-7-11-22-16)27-12-14-8-4-5-9-15(14)17(24-26-3)18(25)21-2/h4-11H,12H2,1-3H3,(H,21,25)/b24-17+. The Kier molecular flexibility index (Phi) is 6.33. The molecule has 0 aliphatic carbocycles. The minimum Gasteiger partial charge on any atom is -0.472 e. The van der Waals surface area contributed by atoms with Gasteiger partial charge in [-0.2, -0.15) is 4.98 Å². The van der Waals surface area contributed by atoms with Gasteiger partial charge in [0.05, 0.1) is 10.6 Å². The molecule has 2 heterocycles. The molecule has 7 nitrogen and oxygen atoms in total. The number of rotatable bonds is 7. The SMILES string of the molecule is CNC(=O)/C(=N/OC)c1ccccc1COc1nc(-c2ccccn2)sc1C. The summed E-state index contributed by atoms with van der Waals surface area (Å²) in [7, 11) is 2.95. The van der Waals surface area contributed by atoms with E-state index >= 15 is 0 Å². The summed E-state index contributed by atoms with van der Waals surface area (Å²) >= 11 is 1.52. The van der Waals surface area contributed by atoms with Crippen LogP contribution in [-0.2, 0) is 16.2 Å². The van der Waals surface area contributed by atoms with Gasteiger partial charge in [-0.15, -0.1) is 11.3 Å². The van der Waals surface area contributed by atoms with Gasteiger partial charge in [-0.3, -0.25) is 9.78 Å². The van der Waals surface area contributed by atoms with E-state index in [0.29, 0.717) is 11.4 Å². The number of pyridine rings is 1. The Bertz CT molecular complexity index is 986. The molecule has 1 aromatic carbocycles. The number of carbonyl (C=O) groups is 1. The van der Waals surface area contributed by atoms with Crippen molar-refractivity contribution in [1.29, 1.82) is 0 Å². The molecule has 0 spiro atoms. The number of oxime groups is 1. The number of nitrogens with zero attached hydrogens (tertiary/aromatic N) is 3. The number of benzene rings is 1. The topological polar surface area (TPSA) is 85.7 Å². The highest BCUT2D eigenvalue weighted by atomic mass is 32.1. The second-order valence-electron chi connectivity index (χ2n) is 5.74. The molecule has 0 unspecified atom stereocenters. The fourth-order valence-corrected chi connectivity index (χ4v) is 3.40. The van der Waals surface area contributed by atoms with Crippen molar-refractivity contribution in [2.24, 2.45) is 5.16 Å². The number of likely N-dealkylation sites (N-methyl/N-ethyl adjacent to an activating group) is 1. The summed E-state index contributed by atoms with van der Waals surface area (Å²) in [5.74, 6) is 0.210. The first-order chi connectivity index (χ1) is 13.6. The van der Waals surface area contributed by atoms with E-state index in [2.05, 4.69) is 20.4 Å². The summed E-state index contributed by atoms with van der Waals surface area (Å²) in [5.41, 5.74) is 2.43. The van der Waals surface area contributed by atoms with Gasteiger partial charge < -0.3 is 14.9 Å². The van der Waals surface area contributed by atoms with Crippen molar-refractivity contribution in [3.05, 3.63) is 64.7 Å². The molecule has 8 heteroatoms. The molecule has 0 atom stereocenters. The van der Waals surface area contributed by atoms with Crippen molar-refractivity contribution in [2.45, 2.75) is 13.5 Å². The van der Waals surface area contributed by atoms with Crippen molar-refractivity contribution in [1.82, 2.24) is 15.3 Å². The minimum atomic E-state index is -0.337. The summed E-state index contributed by atoms with van der Waals surface area (Å²) < 4.78 is 5.95. The van der Waals surface area contributed by atoms with E-state index in [1.807, 2.05) is 43.3 Å². The number of aromatic nitrogens is 2. The Morgan fingerprint density at radius 1 is 1.21 bits per heavy atom. The lowest BCUT2D eigenvalue weighted by atomic mass is 10.0. The van der Waals surface area contributed by atoms with Crippen molar-refractivity contribution in [3.63, 3.8) is 0 Å². The molecule has 0 aliphatic rings.